The van der Waals surface area contributed by atoms with Crippen molar-refractivity contribution in [3.05, 3.63) is 220 Å². The molecule has 1 spiro atoms. The molecule has 8 aromatic rings. The van der Waals surface area contributed by atoms with Crippen LogP contribution in [-0.4, -0.2) is 0 Å². The summed E-state index contributed by atoms with van der Waals surface area (Å²) >= 11 is 0. The summed E-state index contributed by atoms with van der Waals surface area (Å²) in [6.45, 7) is 7.24. The van der Waals surface area contributed by atoms with Crippen molar-refractivity contribution in [2.24, 2.45) is 0 Å². The molecule has 1 aliphatic heterocycles. The molecule has 1 unspecified atom stereocenters. The van der Waals surface area contributed by atoms with Crippen LogP contribution in [0.3, 0.4) is 0 Å². The number of fused-ring (bicyclic) bond motifs is 16. The fraction of sp³-hybridized carbons (Fsp3) is 0.111. The van der Waals surface area contributed by atoms with Gasteiger partial charge in [0, 0.05) is 27.8 Å². The Balaban J connectivity index is 1.18. The van der Waals surface area contributed by atoms with E-state index < -0.39 is 5.41 Å². The third kappa shape index (κ3) is 3.32. The van der Waals surface area contributed by atoms with Crippen molar-refractivity contribution in [3.63, 3.8) is 0 Å². The molecule has 1 heteroatoms. The smallest absolute Gasteiger partial charge is 0.0726 e. The van der Waals surface area contributed by atoms with Gasteiger partial charge in [0.15, 0.2) is 0 Å². The summed E-state index contributed by atoms with van der Waals surface area (Å²) in [4.78, 5) is 2.58. The lowest BCUT2D eigenvalue weighted by molar-refractivity contribution is 0.660. The van der Waals surface area contributed by atoms with Gasteiger partial charge in [-0.1, -0.05) is 147 Å². The lowest BCUT2D eigenvalue weighted by Crippen LogP contribution is -2.26. The maximum absolute atomic E-state index is 2.58. The average molecular weight is 700 g/mol. The van der Waals surface area contributed by atoms with Crippen LogP contribution in [0.4, 0.5) is 17.1 Å². The fourth-order valence-electron chi connectivity index (χ4n) is 11.9. The number of hydrogen-bond donors (Lipinski definition) is 0. The van der Waals surface area contributed by atoms with Crippen molar-refractivity contribution in [1.82, 2.24) is 0 Å². The van der Waals surface area contributed by atoms with Crippen molar-refractivity contribution >= 4 is 17.1 Å². The molecule has 1 heterocycles. The molecule has 4 aliphatic carbocycles. The summed E-state index contributed by atoms with van der Waals surface area (Å²) in [5.41, 5.74) is 25.8. The Morgan fingerprint density at radius 3 is 1.51 bits per heavy atom. The zero-order valence-electron chi connectivity index (χ0n) is 31.1. The molecule has 4 bridgehead atoms. The van der Waals surface area contributed by atoms with Crippen molar-refractivity contribution in [2.45, 2.75) is 37.0 Å². The summed E-state index contributed by atoms with van der Waals surface area (Å²) in [5, 5.41) is 0. The predicted octanol–water partition coefficient (Wildman–Crippen LogP) is 13.5. The third-order valence-corrected chi connectivity index (χ3v) is 14.3. The number of nitrogens with zero attached hydrogens (tertiary/aromatic N) is 1. The standard InChI is InChI=1S/C54H37N/c1-52(2)42-17-8-4-13-35(42)39-26-24-33(30-48(39)52)55-34-25-27-40-36-14-5-9-18-43(36)53(3,49(40)31-34)32-23-28-46-41(29-32)51-47(21-12-22-50(51)55)54(46)44-19-10-6-15-37(44)38-16-7-11-20-45(38)54/h4-31H,1-3H3. The molecular weight excluding hydrogens is 663 g/mol. The molecule has 258 valence electrons. The van der Waals surface area contributed by atoms with Crippen molar-refractivity contribution in [3.8, 4) is 44.5 Å². The SMILES string of the molecule is CC1(C)c2ccccc2-c2ccc(N3c4ccc5c(c4)C(C)(c4ccc6c(c4)-c4c3cccc4C63c4ccccc4-c4ccccc43)c3ccccc3-5)cc21. The Hall–Kier alpha value is -6.44. The summed E-state index contributed by atoms with van der Waals surface area (Å²) in [6.07, 6.45) is 0. The highest BCUT2D eigenvalue weighted by atomic mass is 15.1. The molecular formula is C54H37N. The van der Waals surface area contributed by atoms with Crippen LogP contribution in [0.5, 0.6) is 0 Å². The molecule has 13 rings (SSSR count). The highest BCUT2D eigenvalue weighted by molar-refractivity contribution is 6.02. The van der Waals surface area contributed by atoms with Crippen molar-refractivity contribution in [2.75, 3.05) is 4.90 Å². The van der Waals surface area contributed by atoms with Gasteiger partial charge >= 0.3 is 0 Å². The van der Waals surface area contributed by atoms with Gasteiger partial charge in [-0.3, -0.25) is 0 Å². The molecule has 0 amide bonds. The minimum absolute atomic E-state index is 0.112. The number of anilines is 3. The van der Waals surface area contributed by atoms with Gasteiger partial charge in [-0.15, -0.1) is 0 Å². The first-order valence-electron chi connectivity index (χ1n) is 19.7. The molecule has 8 aromatic carbocycles. The molecule has 0 saturated carbocycles. The molecule has 55 heavy (non-hydrogen) atoms. The second kappa shape index (κ2) is 9.80. The van der Waals surface area contributed by atoms with E-state index in [9.17, 15) is 0 Å². The average Bonchev–Trinajstić information content (AvgIpc) is 3.87. The maximum Gasteiger partial charge on any atom is 0.0726 e. The Kier molecular flexibility index (Phi) is 5.34. The Morgan fingerprint density at radius 2 is 0.836 bits per heavy atom. The monoisotopic (exact) mass is 699 g/mol. The zero-order chi connectivity index (χ0) is 36.4. The first kappa shape index (κ1) is 29.9. The lowest BCUT2D eigenvalue weighted by atomic mass is 9.69. The summed E-state index contributed by atoms with van der Waals surface area (Å²) < 4.78 is 0. The van der Waals surface area contributed by atoms with Gasteiger partial charge in [0.25, 0.3) is 0 Å². The molecule has 0 saturated heterocycles. The van der Waals surface area contributed by atoms with Gasteiger partial charge in [0.05, 0.1) is 11.1 Å². The van der Waals surface area contributed by atoms with Crippen LogP contribution in [0, 0.1) is 0 Å². The molecule has 0 N–H and O–H groups in total. The predicted molar refractivity (Wildman–Crippen MR) is 226 cm³/mol. The summed E-state index contributed by atoms with van der Waals surface area (Å²) in [7, 11) is 0. The molecule has 0 radical (unpaired) electrons. The maximum atomic E-state index is 2.58. The van der Waals surface area contributed by atoms with Crippen LogP contribution in [0.2, 0.25) is 0 Å². The third-order valence-electron chi connectivity index (χ3n) is 14.3. The second-order valence-electron chi connectivity index (χ2n) is 16.9. The molecule has 1 atom stereocenters. The Bertz CT molecular complexity index is 3000. The fourth-order valence-corrected chi connectivity index (χ4v) is 11.9. The summed E-state index contributed by atoms with van der Waals surface area (Å²) in [6, 6.07) is 65.5. The molecule has 0 aromatic heterocycles. The normalized spacial score (nSPS) is 18.4. The van der Waals surface area contributed by atoms with Crippen LogP contribution in [-0.2, 0) is 16.2 Å². The van der Waals surface area contributed by atoms with Gasteiger partial charge in [0.1, 0.15) is 0 Å². The summed E-state index contributed by atoms with van der Waals surface area (Å²) in [5.74, 6) is 0. The van der Waals surface area contributed by atoms with Crippen molar-refractivity contribution < 1.29 is 0 Å². The van der Waals surface area contributed by atoms with Gasteiger partial charge < -0.3 is 4.90 Å². The van der Waals surface area contributed by atoms with Gasteiger partial charge in [-0.25, -0.2) is 0 Å². The van der Waals surface area contributed by atoms with E-state index in [0.29, 0.717) is 0 Å². The highest BCUT2D eigenvalue weighted by Gasteiger charge is 2.53. The second-order valence-corrected chi connectivity index (χ2v) is 16.9. The van der Waals surface area contributed by atoms with E-state index in [0.717, 1.165) is 0 Å². The van der Waals surface area contributed by atoms with Crippen LogP contribution in [0.1, 0.15) is 70.8 Å². The van der Waals surface area contributed by atoms with Crippen LogP contribution in [0.25, 0.3) is 44.5 Å². The number of benzene rings is 8. The largest absolute Gasteiger partial charge is 0.310 e. The molecule has 1 nitrogen and oxygen atoms in total. The van der Waals surface area contributed by atoms with E-state index in [1.54, 1.807) is 0 Å². The number of hydrogen-bond acceptors (Lipinski definition) is 1. The van der Waals surface area contributed by atoms with Gasteiger partial charge in [0.2, 0.25) is 0 Å². The first-order chi connectivity index (χ1) is 26.9. The minimum Gasteiger partial charge on any atom is -0.310 e. The van der Waals surface area contributed by atoms with E-state index >= 15 is 0 Å². The van der Waals surface area contributed by atoms with Crippen LogP contribution < -0.4 is 4.90 Å². The Morgan fingerprint density at radius 1 is 0.345 bits per heavy atom. The van der Waals surface area contributed by atoms with E-state index in [1.807, 2.05) is 0 Å². The highest BCUT2D eigenvalue weighted by Crippen LogP contribution is 2.66. The van der Waals surface area contributed by atoms with Gasteiger partial charge in [-0.2, -0.15) is 0 Å². The van der Waals surface area contributed by atoms with E-state index in [2.05, 4.69) is 196 Å². The zero-order valence-corrected chi connectivity index (χ0v) is 31.1. The van der Waals surface area contributed by atoms with Crippen LogP contribution >= 0.6 is 0 Å². The van der Waals surface area contributed by atoms with E-state index in [1.165, 1.54) is 112 Å². The lowest BCUT2D eigenvalue weighted by Gasteiger charge is -2.34. The topological polar surface area (TPSA) is 3.24 Å². The van der Waals surface area contributed by atoms with Crippen LogP contribution in [0.15, 0.2) is 170 Å². The van der Waals surface area contributed by atoms with Crippen molar-refractivity contribution in [1.29, 1.82) is 0 Å². The number of rotatable bonds is 1. The van der Waals surface area contributed by atoms with E-state index in [-0.39, 0.29) is 10.8 Å². The Labute approximate surface area is 322 Å². The van der Waals surface area contributed by atoms with E-state index in [4.69, 9.17) is 0 Å². The molecule has 5 aliphatic rings. The minimum atomic E-state index is -0.425. The first-order valence-corrected chi connectivity index (χ1v) is 19.7. The molecule has 0 fully saturated rings. The quantitative estimate of drug-likeness (QED) is 0.165. The van der Waals surface area contributed by atoms with Gasteiger partial charge in [-0.05, 0) is 132 Å².